The topological polar surface area (TPSA) is 51.7 Å². The van der Waals surface area contributed by atoms with Crippen molar-refractivity contribution in [3.05, 3.63) is 58.6 Å². The summed E-state index contributed by atoms with van der Waals surface area (Å²) in [5, 5.41) is 0.204. The fourth-order valence-corrected chi connectivity index (χ4v) is 2.86. The number of pyridine rings is 1. The molecule has 132 valence electrons. The summed E-state index contributed by atoms with van der Waals surface area (Å²) < 4.78 is 24.2. The number of rotatable bonds is 4. The van der Waals surface area contributed by atoms with E-state index in [1.54, 1.807) is 29.2 Å². The lowest BCUT2D eigenvalue weighted by Crippen LogP contribution is -2.47. The van der Waals surface area contributed by atoms with Crippen LogP contribution < -0.4 is 4.74 Å². The number of morpholine rings is 1. The van der Waals surface area contributed by atoms with E-state index in [9.17, 15) is 9.18 Å². The molecule has 1 amide bonds. The smallest absolute Gasteiger partial charge is 0.257 e. The minimum Gasteiger partial charge on any atom is -0.491 e. The zero-order chi connectivity index (χ0) is 17.8. The normalized spacial score (nSPS) is 17.4. The first-order valence-electron chi connectivity index (χ1n) is 7.95. The van der Waals surface area contributed by atoms with Gasteiger partial charge in [-0.05, 0) is 43.3 Å². The third kappa shape index (κ3) is 4.46. The minimum absolute atomic E-state index is 0.174. The fourth-order valence-electron chi connectivity index (χ4n) is 2.58. The summed E-state index contributed by atoms with van der Waals surface area (Å²) in [5.74, 6) is 0.0634. The molecule has 0 N–H and O–H groups in total. The van der Waals surface area contributed by atoms with Gasteiger partial charge in [-0.2, -0.15) is 0 Å². The largest absolute Gasteiger partial charge is 0.491 e. The van der Waals surface area contributed by atoms with E-state index in [1.165, 1.54) is 12.1 Å². The Labute approximate surface area is 150 Å². The van der Waals surface area contributed by atoms with E-state index in [2.05, 4.69) is 4.98 Å². The second-order valence-corrected chi connectivity index (χ2v) is 6.16. The maximum Gasteiger partial charge on any atom is 0.257 e. The molecule has 1 aliphatic rings. The Balaban J connectivity index is 1.60. The average Bonchev–Trinajstić information content (AvgIpc) is 2.61. The number of nitrogens with zero attached hydrogens (tertiary/aromatic N) is 2. The number of hydrogen-bond donors (Lipinski definition) is 0. The van der Waals surface area contributed by atoms with Gasteiger partial charge in [-0.1, -0.05) is 11.6 Å². The molecule has 0 radical (unpaired) electrons. The van der Waals surface area contributed by atoms with Crippen molar-refractivity contribution in [3.63, 3.8) is 0 Å². The van der Waals surface area contributed by atoms with Gasteiger partial charge in [0.2, 0.25) is 0 Å². The lowest BCUT2D eigenvalue weighted by Gasteiger charge is -2.33. The van der Waals surface area contributed by atoms with Gasteiger partial charge in [0.1, 0.15) is 29.4 Å². The minimum atomic E-state index is -0.318. The van der Waals surface area contributed by atoms with Crippen LogP contribution in [0.15, 0.2) is 36.4 Å². The first kappa shape index (κ1) is 17.6. The van der Waals surface area contributed by atoms with Gasteiger partial charge in [-0.3, -0.25) is 4.79 Å². The molecule has 0 aliphatic carbocycles. The molecule has 7 heteroatoms. The van der Waals surface area contributed by atoms with E-state index in [0.717, 1.165) is 5.69 Å². The molecule has 25 heavy (non-hydrogen) atoms. The Morgan fingerprint density at radius 2 is 2.12 bits per heavy atom. The highest BCUT2D eigenvalue weighted by Crippen LogP contribution is 2.18. The third-order valence-electron chi connectivity index (χ3n) is 3.89. The summed E-state index contributed by atoms with van der Waals surface area (Å²) in [6, 6.07) is 9.22. The Hall–Kier alpha value is -2.18. The van der Waals surface area contributed by atoms with Crippen LogP contribution in [-0.4, -0.2) is 48.2 Å². The molecule has 0 bridgehead atoms. The van der Waals surface area contributed by atoms with Gasteiger partial charge in [-0.15, -0.1) is 0 Å². The molecule has 1 aliphatic heterocycles. The van der Waals surface area contributed by atoms with Crippen LogP contribution in [0.3, 0.4) is 0 Å². The maximum absolute atomic E-state index is 12.9. The van der Waals surface area contributed by atoms with Gasteiger partial charge >= 0.3 is 0 Å². The molecule has 1 saturated heterocycles. The molecule has 1 aromatic carbocycles. The predicted octanol–water partition coefficient (Wildman–Crippen LogP) is 3.10. The summed E-state index contributed by atoms with van der Waals surface area (Å²) in [7, 11) is 0. The average molecular weight is 365 g/mol. The van der Waals surface area contributed by atoms with Crippen molar-refractivity contribution in [2.75, 3.05) is 26.3 Å². The van der Waals surface area contributed by atoms with Crippen molar-refractivity contribution in [1.82, 2.24) is 9.88 Å². The molecule has 1 aromatic heterocycles. The molecule has 1 fully saturated rings. The molecule has 0 spiro atoms. The van der Waals surface area contributed by atoms with Crippen molar-refractivity contribution in [1.29, 1.82) is 0 Å². The van der Waals surface area contributed by atoms with Crippen LogP contribution in [-0.2, 0) is 4.74 Å². The van der Waals surface area contributed by atoms with Crippen molar-refractivity contribution in [3.8, 4) is 5.75 Å². The zero-order valence-electron chi connectivity index (χ0n) is 13.7. The molecule has 5 nitrogen and oxygen atoms in total. The Morgan fingerprint density at radius 1 is 1.36 bits per heavy atom. The monoisotopic (exact) mass is 364 g/mol. The van der Waals surface area contributed by atoms with Gasteiger partial charge in [0.15, 0.2) is 0 Å². The number of hydrogen-bond acceptors (Lipinski definition) is 4. The van der Waals surface area contributed by atoms with Crippen molar-refractivity contribution >= 4 is 17.5 Å². The van der Waals surface area contributed by atoms with Crippen molar-refractivity contribution in [2.24, 2.45) is 0 Å². The predicted molar refractivity (Wildman–Crippen MR) is 91.5 cm³/mol. The fraction of sp³-hybridized carbons (Fsp3) is 0.333. The van der Waals surface area contributed by atoms with Gasteiger partial charge in [0.25, 0.3) is 5.91 Å². The summed E-state index contributed by atoms with van der Waals surface area (Å²) >= 11 is 6.09. The summed E-state index contributed by atoms with van der Waals surface area (Å²) in [6.45, 7) is 3.38. The second-order valence-electron chi connectivity index (χ2n) is 5.80. The molecular formula is C18H18ClFN2O3. The van der Waals surface area contributed by atoms with E-state index >= 15 is 0 Å². The van der Waals surface area contributed by atoms with Crippen LogP contribution in [0.5, 0.6) is 5.75 Å². The summed E-state index contributed by atoms with van der Waals surface area (Å²) in [5.41, 5.74) is 1.14. The van der Waals surface area contributed by atoms with E-state index in [1.807, 2.05) is 6.92 Å². The van der Waals surface area contributed by atoms with Crippen LogP contribution in [0.1, 0.15) is 16.1 Å². The van der Waals surface area contributed by atoms with Gasteiger partial charge in [0.05, 0.1) is 18.7 Å². The summed E-state index contributed by atoms with van der Waals surface area (Å²) in [6.07, 6.45) is -0.264. The number of ether oxygens (including phenoxy) is 2. The van der Waals surface area contributed by atoms with Crippen molar-refractivity contribution < 1.29 is 18.7 Å². The van der Waals surface area contributed by atoms with Gasteiger partial charge in [-0.25, -0.2) is 9.37 Å². The Bertz CT molecular complexity index is 754. The SMILES string of the molecule is Cc1ccc(C(=O)N2CCOC(COc3ccc(F)cc3)C2)c(Cl)n1. The lowest BCUT2D eigenvalue weighted by atomic mass is 10.2. The highest BCUT2D eigenvalue weighted by molar-refractivity contribution is 6.32. The van der Waals surface area contributed by atoms with Crippen molar-refractivity contribution in [2.45, 2.75) is 13.0 Å². The number of halogens is 2. The third-order valence-corrected chi connectivity index (χ3v) is 4.18. The number of carbonyl (C=O) groups is 1. The van der Waals surface area contributed by atoms with E-state index < -0.39 is 0 Å². The highest BCUT2D eigenvalue weighted by atomic mass is 35.5. The maximum atomic E-state index is 12.9. The van der Waals surface area contributed by atoms with E-state index in [-0.39, 0.29) is 29.6 Å². The number of aryl methyl sites for hydroxylation is 1. The Morgan fingerprint density at radius 3 is 2.84 bits per heavy atom. The molecule has 1 unspecified atom stereocenters. The highest BCUT2D eigenvalue weighted by Gasteiger charge is 2.27. The van der Waals surface area contributed by atoms with Gasteiger partial charge in [0, 0.05) is 12.2 Å². The first-order valence-corrected chi connectivity index (χ1v) is 8.33. The first-order chi connectivity index (χ1) is 12.0. The Kier molecular flexibility index (Phi) is 5.50. The number of aromatic nitrogens is 1. The van der Waals surface area contributed by atoms with Gasteiger partial charge < -0.3 is 14.4 Å². The molecule has 3 rings (SSSR count). The molecule has 2 heterocycles. The molecule has 1 atom stereocenters. The van der Waals surface area contributed by atoms with E-state index in [4.69, 9.17) is 21.1 Å². The van der Waals surface area contributed by atoms with Crippen LogP contribution in [0.2, 0.25) is 5.15 Å². The van der Waals surface area contributed by atoms with Crippen LogP contribution in [0.4, 0.5) is 4.39 Å². The number of benzene rings is 1. The lowest BCUT2D eigenvalue weighted by molar-refractivity contribution is -0.0401. The van der Waals surface area contributed by atoms with Crippen LogP contribution in [0, 0.1) is 12.7 Å². The quantitative estimate of drug-likeness (QED) is 0.782. The molecule has 0 saturated carbocycles. The van der Waals surface area contributed by atoms with E-state index in [0.29, 0.717) is 31.0 Å². The van der Waals surface area contributed by atoms with Crippen LogP contribution in [0.25, 0.3) is 0 Å². The van der Waals surface area contributed by atoms with Crippen LogP contribution >= 0.6 is 11.6 Å². The number of carbonyl (C=O) groups excluding carboxylic acids is 1. The standard InChI is InChI=1S/C18H18ClFN2O3/c1-12-2-7-16(17(19)21-12)18(23)22-8-9-24-15(10-22)11-25-14-5-3-13(20)4-6-14/h2-7,15H,8-11H2,1H3. The molecular weight excluding hydrogens is 347 g/mol. The number of amides is 1. The zero-order valence-corrected chi connectivity index (χ0v) is 14.5. The second kappa shape index (κ2) is 7.80. The summed E-state index contributed by atoms with van der Waals surface area (Å²) in [4.78, 5) is 18.5. The molecule has 2 aromatic rings.